The molecule has 17 heavy (non-hydrogen) atoms. The van der Waals surface area contributed by atoms with E-state index in [-0.39, 0.29) is 0 Å². The van der Waals surface area contributed by atoms with E-state index in [4.69, 9.17) is 20.4 Å². The molecule has 9 heteroatoms. The van der Waals surface area contributed by atoms with Gasteiger partial charge < -0.3 is 40.4 Å². The lowest BCUT2D eigenvalue weighted by Crippen LogP contribution is -2.54. The van der Waals surface area contributed by atoms with Gasteiger partial charge in [0, 0.05) is 0 Å². The molecule has 8 nitrogen and oxygen atoms in total. The van der Waals surface area contributed by atoms with Gasteiger partial charge in [-0.1, -0.05) is 0 Å². The molecule has 0 radical (unpaired) electrons. The third-order valence-electron chi connectivity index (χ3n) is 2.46. The fourth-order valence-electron chi connectivity index (χ4n) is 1.34. The van der Waals surface area contributed by atoms with Gasteiger partial charge in [-0.15, -0.1) is 0 Å². The smallest absolute Gasteiger partial charge is 0.257 e. The van der Waals surface area contributed by atoms with Crippen LogP contribution in [0.3, 0.4) is 0 Å². The van der Waals surface area contributed by atoms with Gasteiger partial charge in [-0.3, -0.25) is 0 Å². The Morgan fingerprint density at radius 2 is 1.18 bits per heavy atom. The third kappa shape index (κ3) is 4.49. The SMILES string of the molecule is BOC(C(O)C(O)CO)C(O)C(O)C(O)CO. The largest absolute Gasteiger partial charge is 0.436 e. The van der Waals surface area contributed by atoms with Crippen LogP contribution in [0.1, 0.15) is 0 Å². The van der Waals surface area contributed by atoms with E-state index in [1.807, 2.05) is 0 Å². The normalized spacial score (nSPS) is 22.5. The Bertz CT molecular complexity index is 206. The van der Waals surface area contributed by atoms with Crippen molar-refractivity contribution in [2.24, 2.45) is 0 Å². The fraction of sp³-hybridized carbons (Fsp3) is 1.00. The van der Waals surface area contributed by atoms with E-state index in [0.29, 0.717) is 0 Å². The zero-order valence-electron chi connectivity index (χ0n) is 9.42. The Hall–Kier alpha value is -0.255. The molecule has 7 N–H and O–H groups in total. The van der Waals surface area contributed by atoms with Crippen LogP contribution in [0.2, 0.25) is 0 Å². The van der Waals surface area contributed by atoms with E-state index < -0.39 is 49.8 Å². The molecular formula is C8H19BO8. The summed E-state index contributed by atoms with van der Waals surface area (Å²) in [7, 11) is 1.11. The van der Waals surface area contributed by atoms with Crippen LogP contribution in [0.25, 0.3) is 0 Å². The van der Waals surface area contributed by atoms with Crippen LogP contribution in [0, 0.1) is 0 Å². The molecule has 0 fully saturated rings. The molecule has 0 aliphatic rings. The van der Waals surface area contributed by atoms with Crippen molar-refractivity contribution in [3.8, 4) is 0 Å². The van der Waals surface area contributed by atoms with Gasteiger partial charge in [-0.05, 0) is 0 Å². The number of hydrogen-bond donors (Lipinski definition) is 7. The minimum atomic E-state index is -1.76. The van der Waals surface area contributed by atoms with Crippen molar-refractivity contribution < 1.29 is 40.4 Å². The number of hydrogen-bond acceptors (Lipinski definition) is 8. The van der Waals surface area contributed by atoms with Gasteiger partial charge in [0.25, 0.3) is 8.05 Å². The van der Waals surface area contributed by atoms with Gasteiger partial charge in [0.15, 0.2) is 0 Å². The summed E-state index contributed by atoms with van der Waals surface area (Å²) in [4.78, 5) is 0. The summed E-state index contributed by atoms with van der Waals surface area (Å²) in [5, 5.41) is 64.0. The lowest BCUT2D eigenvalue weighted by atomic mass is 9.96. The first kappa shape index (κ1) is 16.7. The van der Waals surface area contributed by atoms with Crippen molar-refractivity contribution in [3.63, 3.8) is 0 Å². The highest BCUT2D eigenvalue weighted by atomic mass is 16.5. The van der Waals surface area contributed by atoms with Gasteiger partial charge in [-0.2, -0.15) is 0 Å². The second kappa shape index (κ2) is 7.95. The predicted octanol–water partition coefficient (Wildman–Crippen LogP) is -5.29. The highest BCUT2D eigenvalue weighted by Gasteiger charge is 2.37. The molecule has 0 aromatic heterocycles. The van der Waals surface area contributed by atoms with Gasteiger partial charge in [0.2, 0.25) is 0 Å². The quantitative estimate of drug-likeness (QED) is 0.212. The first-order valence-corrected chi connectivity index (χ1v) is 5.05. The maximum atomic E-state index is 9.59. The second-order valence-corrected chi connectivity index (χ2v) is 3.67. The number of aliphatic hydroxyl groups excluding tert-OH is 7. The molecule has 0 aliphatic carbocycles. The zero-order chi connectivity index (χ0) is 13.6. The van der Waals surface area contributed by atoms with Crippen LogP contribution in [0.4, 0.5) is 0 Å². The monoisotopic (exact) mass is 254 g/mol. The molecule has 0 aliphatic heterocycles. The molecule has 6 atom stereocenters. The van der Waals surface area contributed by atoms with E-state index in [1.54, 1.807) is 0 Å². The van der Waals surface area contributed by atoms with Gasteiger partial charge in [0.1, 0.15) is 30.5 Å². The van der Waals surface area contributed by atoms with Crippen LogP contribution in [-0.2, 0) is 4.65 Å². The van der Waals surface area contributed by atoms with Crippen LogP contribution in [-0.4, -0.2) is 93.6 Å². The summed E-state index contributed by atoms with van der Waals surface area (Å²) in [5.41, 5.74) is 0. The van der Waals surface area contributed by atoms with Gasteiger partial charge in [-0.25, -0.2) is 0 Å². The highest BCUT2D eigenvalue weighted by molar-refractivity contribution is 5.98. The summed E-state index contributed by atoms with van der Waals surface area (Å²) in [5.74, 6) is 0. The van der Waals surface area contributed by atoms with Crippen molar-refractivity contribution >= 4 is 8.05 Å². The zero-order valence-corrected chi connectivity index (χ0v) is 9.42. The average Bonchev–Trinajstić information content (AvgIpc) is 2.36. The Morgan fingerprint density at radius 3 is 1.53 bits per heavy atom. The van der Waals surface area contributed by atoms with Crippen molar-refractivity contribution in [2.45, 2.75) is 36.6 Å². The lowest BCUT2D eigenvalue weighted by molar-refractivity contribution is -0.152. The predicted molar refractivity (Wildman–Crippen MR) is 57.6 cm³/mol. The number of rotatable bonds is 8. The number of aliphatic hydroxyl groups is 7. The van der Waals surface area contributed by atoms with Crippen LogP contribution in [0.5, 0.6) is 0 Å². The molecular weight excluding hydrogens is 235 g/mol. The maximum Gasteiger partial charge on any atom is 0.257 e. The molecule has 0 amide bonds. The Morgan fingerprint density at radius 1 is 0.765 bits per heavy atom. The van der Waals surface area contributed by atoms with E-state index in [9.17, 15) is 15.3 Å². The molecule has 0 saturated heterocycles. The first-order chi connectivity index (χ1) is 7.90. The summed E-state index contributed by atoms with van der Waals surface area (Å²) < 4.78 is 4.69. The van der Waals surface area contributed by atoms with Crippen molar-refractivity contribution in [3.05, 3.63) is 0 Å². The minimum Gasteiger partial charge on any atom is -0.436 e. The molecule has 0 rings (SSSR count). The lowest BCUT2D eigenvalue weighted by Gasteiger charge is -2.32. The van der Waals surface area contributed by atoms with Crippen molar-refractivity contribution in [1.29, 1.82) is 0 Å². The van der Waals surface area contributed by atoms with Gasteiger partial charge >= 0.3 is 0 Å². The van der Waals surface area contributed by atoms with Crippen LogP contribution in [0.15, 0.2) is 0 Å². The van der Waals surface area contributed by atoms with Gasteiger partial charge in [0.05, 0.1) is 19.3 Å². The molecule has 0 aromatic rings. The molecule has 6 unspecified atom stereocenters. The summed E-state index contributed by atoms with van der Waals surface area (Å²) >= 11 is 0. The van der Waals surface area contributed by atoms with E-state index in [1.165, 1.54) is 0 Å². The standard InChI is InChI=1S/C8H19BO8/c9-17-8(6(15)4(13)2-11)7(16)5(14)3(12)1-10/h3-8,10-16H,1-2,9H2. The molecule has 0 bridgehead atoms. The molecule has 0 spiro atoms. The Kier molecular flexibility index (Phi) is 7.83. The van der Waals surface area contributed by atoms with Crippen molar-refractivity contribution in [1.82, 2.24) is 0 Å². The van der Waals surface area contributed by atoms with Crippen LogP contribution < -0.4 is 0 Å². The van der Waals surface area contributed by atoms with Crippen LogP contribution >= 0.6 is 0 Å². The van der Waals surface area contributed by atoms with E-state index in [2.05, 4.69) is 4.65 Å². The Balaban J connectivity index is 4.64. The first-order valence-electron chi connectivity index (χ1n) is 5.05. The topological polar surface area (TPSA) is 151 Å². The fourth-order valence-corrected chi connectivity index (χ4v) is 1.34. The minimum absolute atomic E-state index is 0.758. The van der Waals surface area contributed by atoms with Crippen molar-refractivity contribution in [2.75, 3.05) is 13.2 Å². The van der Waals surface area contributed by atoms with E-state index >= 15 is 0 Å². The van der Waals surface area contributed by atoms with E-state index in [0.717, 1.165) is 8.05 Å². The Labute approximate surface area is 99.2 Å². The molecule has 0 aromatic carbocycles. The summed E-state index contributed by atoms with van der Waals surface area (Å²) in [6.07, 6.45) is -9.74. The average molecular weight is 254 g/mol. The molecule has 0 saturated carbocycles. The summed E-state index contributed by atoms with van der Waals surface area (Å²) in [6.45, 7) is -1.54. The summed E-state index contributed by atoms with van der Waals surface area (Å²) in [6, 6.07) is 0. The molecule has 0 heterocycles. The second-order valence-electron chi connectivity index (χ2n) is 3.67. The third-order valence-corrected chi connectivity index (χ3v) is 2.46. The molecule has 102 valence electrons. The highest BCUT2D eigenvalue weighted by Crippen LogP contribution is 2.13. The maximum absolute atomic E-state index is 9.59.